The summed E-state index contributed by atoms with van der Waals surface area (Å²) in [5.41, 5.74) is 9.56. The van der Waals surface area contributed by atoms with Crippen molar-refractivity contribution in [3.8, 4) is 11.5 Å². The third-order valence-corrected chi connectivity index (χ3v) is 4.24. The summed E-state index contributed by atoms with van der Waals surface area (Å²) in [6.07, 6.45) is 2.30. The Hall–Kier alpha value is -2.90. The Morgan fingerprint density at radius 3 is 2.79 bits per heavy atom. The number of primary amides is 1. The average Bonchev–Trinajstić information content (AvgIpc) is 3.23. The van der Waals surface area contributed by atoms with Gasteiger partial charge < -0.3 is 15.2 Å². The van der Waals surface area contributed by atoms with E-state index in [0.29, 0.717) is 23.0 Å². The summed E-state index contributed by atoms with van der Waals surface area (Å²) in [7, 11) is 1.93. The van der Waals surface area contributed by atoms with Gasteiger partial charge in [0.1, 0.15) is 0 Å². The van der Waals surface area contributed by atoms with Crippen molar-refractivity contribution in [2.45, 2.75) is 33.1 Å². The van der Waals surface area contributed by atoms with Crippen LogP contribution in [0.2, 0.25) is 0 Å². The Balaban J connectivity index is 1.80. The molecule has 3 heterocycles. The van der Waals surface area contributed by atoms with Crippen LogP contribution in [0.25, 0.3) is 11.5 Å². The molecule has 1 amide bonds. The Kier molecular flexibility index (Phi) is 3.96. The van der Waals surface area contributed by atoms with Gasteiger partial charge in [-0.2, -0.15) is 10.1 Å². The zero-order valence-corrected chi connectivity index (χ0v) is 14.1. The normalized spacial score (nSPS) is 12.5. The first kappa shape index (κ1) is 16.0. The molecule has 3 aromatic heterocycles. The van der Waals surface area contributed by atoms with Crippen LogP contribution in [0.3, 0.4) is 0 Å². The topological polar surface area (TPSA) is 116 Å². The highest BCUT2D eigenvalue weighted by Gasteiger charge is 2.20. The quantitative estimate of drug-likeness (QED) is 0.741. The minimum absolute atomic E-state index is 0.0541. The number of aromatic nitrogens is 5. The van der Waals surface area contributed by atoms with Gasteiger partial charge in [0.2, 0.25) is 17.6 Å². The van der Waals surface area contributed by atoms with Crippen molar-refractivity contribution in [3.63, 3.8) is 0 Å². The molecular formula is C16H20N6O2. The lowest BCUT2D eigenvalue weighted by molar-refractivity contribution is 0.100. The van der Waals surface area contributed by atoms with Crippen LogP contribution in [0.1, 0.15) is 46.0 Å². The Labute approximate surface area is 139 Å². The first-order valence-electron chi connectivity index (χ1n) is 7.68. The Morgan fingerprint density at radius 1 is 1.46 bits per heavy atom. The van der Waals surface area contributed by atoms with Gasteiger partial charge in [-0.15, -0.1) is 0 Å². The predicted molar refractivity (Wildman–Crippen MR) is 87.4 cm³/mol. The maximum absolute atomic E-state index is 11.2. The molecule has 8 nitrogen and oxygen atoms in total. The zero-order valence-electron chi connectivity index (χ0n) is 14.1. The predicted octanol–water partition coefficient (Wildman–Crippen LogP) is 1.86. The number of aromatic amines is 1. The van der Waals surface area contributed by atoms with Gasteiger partial charge in [-0.05, 0) is 31.9 Å². The molecule has 0 spiro atoms. The van der Waals surface area contributed by atoms with E-state index < -0.39 is 5.91 Å². The van der Waals surface area contributed by atoms with Crippen molar-refractivity contribution in [2.24, 2.45) is 12.8 Å². The highest BCUT2D eigenvalue weighted by molar-refractivity contribution is 5.93. The molecule has 126 valence electrons. The van der Waals surface area contributed by atoms with Gasteiger partial charge in [-0.25, -0.2) is 0 Å². The van der Waals surface area contributed by atoms with E-state index in [4.69, 9.17) is 10.3 Å². The fourth-order valence-electron chi connectivity index (χ4n) is 2.72. The van der Waals surface area contributed by atoms with Gasteiger partial charge in [0, 0.05) is 24.9 Å². The first-order chi connectivity index (χ1) is 11.4. The molecule has 0 aromatic carbocycles. The van der Waals surface area contributed by atoms with Crippen LogP contribution in [0.5, 0.6) is 0 Å². The number of aryl methyl sites for hydroxylation is 2. The molecule has 0 bridgehead atoms. The summed E-state index contributed by atoms with van der Waals surface area (Å²) in [4.78, 5) is 18.5. The van der Waals surface area contributed by atoms with Crippen LogP contribution in [0, 0.1) is 13.8 Å². The molecule has 0 aliphatic heterocycles. The van der Waals surface area contributed by atoms with Crippen molar-refractivity contribution < 1.29 is 9.32 Å². The van der Waals surface area contributed by atoms with Gasteiger partial charge in [-0.3, -0.25) is 9.48 Å². The second-order valence-electron chi connectivity index (χ2n) is 6.00. The van der Waals surface area contributed by atoms with Gasteiger partial charge in [0.05, 0.1) is 17.0 Å². The largest absolute Gasteiger partial charge is 0.366 e. The molecule has 0 fully saturated rings. The molecule has 0 aliphatic rings. The number of H-pyrrole nitrogens is 1. The van der Waals surface area contributed by atoms with E-state index in [2.05, 4.69) is 20.2 Å². The van der Waals surface area contributed by atoms with Crippen LogP contribution in [-0.4, -0.2) is 30.8 Å². The highest BCUT2D eigenvalue weighted by atomic mass is 16.5. The number of carbonyl (C=O) groups excluding carboxylic acids is 1. The molecule has 0 saturated heterocycles. The van der Waals surface area contributed by atoms with E-state index in [9.17, 15) is 4.79 Å². The second kappa shape index (κ2) is 5.95. The van der Waals surface area contributed by atoms with E-state index in [0.717, 1.165) is 17.8 Å². The number of rotatable bonds is 5. The molecule has 1 unspecified atom stereocenters. The molecule has 0 saturated carbocycles. The lowest BCUT2D eigenvalue weighted by Gasteiger charge is -2.06. The molecule has 3 N–H and O–H groups in total. The minimum atomic E-state index is -0.503. The number of nitrogens with zero attached hydrogens (tertiary/aromatic N) is 4. The lowest BCUT2D eigenvalue weighted by Crippen LogP contribution is -2.09. The van der Waals surface area contributed by atoms with E-state index in [1.807, 2.05) is 32.5 Å². The van der Waals surface area contributed by atoms with Gasteiger partial charge in [0.25, 0.3) is 0 Å². The molecule has 0 radical (unpaired) electrons. The molecule has 3 rings (SSSR count). The van der Waals surface area contributed by atoms with Crippen LogP contribution < -0.4 is 5.73 Å². The zero-order chi connectivity index (χ0) is 17.4. The maximum atomic E-state index is 11.2. The summed E-state index contributed by atoms with van der Waals surface area (Å²) < 4.78 is 7.26. The Morgan fingerprint density at radius 2 is 2.21 bits per heavy atom. The van der Waals surface area contributed by atoms with Crippen molar-refractivity contribution in [1.29, 1.82) is 0 Å². The van der Waals surface area contributed by atoms with E-state index in [1.54, 1.807) is 6.07 Å². The van der Waals surface area contributed by atoms with E-state index >= 15 is 0 Å². The summed E-state index contributed by atoms with van der Waals surface area (Å²) in [6, 6.07) is 1.61. The van der Waals surface area contributed by atoms with Gasteiger partial charge in [0.15, 0.2) is 0 Å². The highest BCUT2D eigenvalue weighted by Crippen LogP contribution is 2.25. The molecule has 0 aliphatic carbocycles. The number of carbonyl (C=O) groups is 1. The van der Waals surface area contributed by atoms with Crippen LogP contribution in [-0.2, 0) is 13.5 Å². The van der Waals surface area contributed by atoms with Gasteiger partial charge in [-0.1, -0.05) is 12.1 Å². The summed E-state index contributed by atoms with van der Waals surface area (Å²) in [5.74, 6) is 0.502. The van der Waals surface area contributed by atoms with Crippen molar-refractivity contribution in [3.05, 3.63) is 40.7 Å². The second-order valence-corrected chi connectivity index (χ2v) is 6.00. The monoisotopic (exact) mass is 328 g/mol. The fourth-order valence-corrected chi connectivity index (χ4v) is 2.72. The maximum Gasteiger partial charge on any atom is 0.250 e. The molecule has 3 aromatic rings. The lowest BCUT2D eigenvalue weighted by atomic mass is 9.99. The third kappa shape index (κ3) is 2.82. The van der Waals surface area contributed by atoms with Crippen molar-refractivity contribution in [2.75, 3.05) is 0 Å². The SMILES string of the molecule is Cc1nn(C)c(C)c1CC(C)c1nc(-c2cc(C(N)=O)c[nH]2)no1. The first-order valence-corrected chi connectivity index (χ1v) is 7.68. The van der Waals surface area contributed by atoms with Crippen molar-refractivity contribution >= 4 is 5.91 Å². The van der Waals surface area contributed by atoms with Crippen LogP contribution in [0.4, 0.5) is 0 Å². The minimum Gasteiger partial charge on any atom is -0.366 e. The van der Waals surface area contributed by atoms with Gasteiger partial charge >= 0.3 is 0 Å². The molecular weight excluding hydrogens is 308 g/mol. The average molecular weight is 328 g/mol. The molecule has 24 heavy (non-hydrogen) atoms. The van der Waals surface area contributed by atoms with E-state index in [1.165, 1.54) is 11.8 Å². The number of amides is 1. The Bertz CT molecular complexity index is 888. The van der Waals surface area contributed by atoms with Crippen molar-refractivity contribution in [1.82, 2.24) is 24.9 Å². The summed E-state index contributed by atoms with van der Waals surface area (Å²) >= 11 is 0. The molecule has 1 atom stereocenters. The number of nitrogens with two attached hydrogens (primary N) is 1. The standard InChI is InChI=1S/C16H20N6O2/c1-8(5-12-9(2)20-22(4)10(12)3)16-19-15(21-24-16)13-6-11(7-18-13)14(17)23/h6-8,18H,5H2,1-4H3,(H2,17,23). The summed E-state index contributed by atoms with van der Waals surface area (Å²) in [6.45, 7) is 6.08. The number of nitrogens with one attached hydrogen (secondary N) is 1. The van der Waals surface area contributed by atoms with E-state index in [-0.39, 0.29) is 5.92 Å². The third-order valence-electron chi connectivity index (χ3n) is 4.24. The van der Waals surface area contributed by atoms with Crippen LogP contribution in [0.15, 0.2) is 16.8 Å². The molecule has 8 heteroatoms. The van der Waals surface area contributed by atoms with Crippen LogP contribution >= 0.6 is 0 Å². The smallest absolute Gasteiger partial charge is 0.250 e. The number of hydrogen-bond acceptors (Lipinski definition) is 5. The summed E-state index contributed by atoms with van der Waals surface area (Å²) in [5, 5.41) is 8.41. The fraction of sp³-hybridized carbons (Fsp3) is 0.375. The number of hydrogen-bond donors (Lipinski definition) is 2.